The fraction of sp³-hybridized carbons (Fsp3) is 0.481. The number of benzene rings is 1. The number of aryl methyl sites for hydroxylation is 2. The van der Waals surface area contributed by atoms with Gasteiger partial charge in [0.15, 0.2) is 11.0 Å². The minimum atomic E-state index is -0.389. The Bertz CT molecular complexity index is 1270. The van der Waals surface area contributed by atoms with Crippen LogP contribution in [-0.4, -0.2) is 39.5 Å². The number of ether oxygens (including phenoxy) is 2. The molecule has 2 aromatic heterocycles. The summed E-state index contributed by atoms with van der Waals surface area (Å²) < 4.78 is 13.0. The number of rotatable bonds is 9. The molecular weight excluding hydrogens is 508 g/mol. The lowest BCUT2D eigenvalue weighted by atomic mass is 9.96. The van der Waals surface area contributed by atoms with E-state index in [1.807, 2.05) is 30.5 Å². The Morgan fingerprint density at radius 3 is 2.68 bits per heavy atom. The quantitative estimate of drug-likeness (QED) is 0.272. The number of thioether (sulfide) groups is 1. The van der Waals surface area contributed by atoms with E-state index in [4.69, 9.17) is 9.47 Å². The number of esters is 1. The van der Waals surface area contributed by atoms with Crippen molar-refractivity contribution in [1.29, 1.82) is 0 Å². The molecule has 1 aliphatic rings. The van der Waals surface area contributed by atoms with Crippen molar-refractivity contribution in [2.24, 2.45) is 0 Å². The third-order valence-corrected chi connectivity index (χ3v) is 8.84. The Labute approximate surface area is 226 Å². The molecule has 8 nitrogen and oxygen atoms in total. The Kier molecular flexibility index (Phi) is 9.26. The second-order valence-electron chi connectivity index (χ2n) is 9.08. The number of nitrogens with zero attached hydrogens (tertiary/aromatic N) is 3. The maximum absolute atomic E-state index is 12.9. The van der Waals surface area contributed by atoms with Crippen molar-refractivity contribution in [3.8, 4) is 5.75 Å². The molecule has 198 valence electrons. The van der Waals surface area contributed by atoms with E-state index in [0.29, 0.717) is 34.7 Å². The lowest BCUT2D eigenvalue weighted by Gasteiger charge is -2.12. The fourth-order valence-electron chi connectivity index (χ4n) is 4.49. The molecule has 0 atom stereocenters. The first-order valence-corrected chi connectivity index (χ1v) is 14.5. The standard InChI is InChI=1S/C27H34N4O4S2/c1-5-31-22(15-35-20-13-10-11-17(2)18(20)3)29-30-27(31)36-16-23(32)28-25-24(26(33)34-4)19-12-8-6-7-9-14-21(19)37-25/h10-11,13H,5-9,12,14-16H2,1-4H3,(H,28,32). The number of methoxy groups -OCH3 is 1. The van der Waals surface area contributed by atoms with Gasteiger partial charge in [0.2, 0.25) is 5.91 Å². The molecule has 1 aliphatic carbocycles. The van der Waals surface area contributed by atoms with Gasteiger partial charge in [0.1, 0.15) is 17.4 Å². The average molecular weight is 543 g/mol. The van der Waals surface area contributed by atoms with Gasteiger partial charge in [-0.3, -0.25) is 4.79 Å². The van der Waals surface area contributed by atoms with Gasteiger partial charge in [0.05, 0.1) is 18.4 Å². The zero-order chi connectivity index (χ0) is 26.4. The van der Waals surface area contributed by atoms with Crippen molar-refractivity contribution in [3.05, 3.63) is 51.2 Å². The number of hydrogen-bond acceptors (Lipinski definition) is 8. The SMILES string of the molecule is CCn1c(COc2cccc(C)c2C)nnc1SCC(=O)Nc1sc2c(c1C(=O)OC)CCCCCC2. The van der Waals surface area contributed by atoms with Crippen LogP contribution in [0.1, 0.15) is 70.4 Å². The second-order valence-corrected chi connectivity index (χ2v) is 11.1. The van der Waals surface area contributed by atoms with E-state index in [-0.39, 0.29) is 17.6 Å². The maximum atomic E-state index is 12.9. The molecule has 4 rings (SSSR count). The van der Waals surface area contributed by atoms with Crippen LogP contribution in [0.3, 0.4) is 0 Å². The Morgan fingerprint density at radius 2 is 1.92 bits per heavy atom. The van der Waals surface area contributed by atoms with Gasteiger partial charge in [-0.05, 0) is 69.2 Å². The van der Waals surface area contributed by atoms with Crippen molar-refractivity contribution in [3.63, 3.8) is 0 Å². The summed E-state index contributed by atoms with van der Waals surface area (Å²) >= 11 is 2.82. The van der Waals surface area contributed by atoms with E-state index >= 15 is 0 Å². The van der Waals surface area contributed by atoms with Gasteiger partial charge in [0, 0.05) is 11.4 Å². The number of carbonyl (C=O) groups excluding carboxylic acids is 2. The summed E-state index contributed by atoms with van der Waals surface area (Å²) in [5.41, 5.74) is 3.83. The molecule has 1 aromatic carbocycles. The van der Waals surface area contributed by atoms with Crippen LogP contribution in [0, 0.1) is 13.8 Å². The van der Waals surface area contributed by atoms with Crippen molar-refractivity contribution in [1.82, 2.24) is 14.8 Å². The van der Waals surface area contributed by atoms with E-state index in [1.165, 1.54) is 47.1 Å². The molecular formula is C27H34N4O4S2. The van der Waals surface area contributed by atoms with Gasteiger partial charge in [0.25, 0.3) is 0 Å². The number of nitrogens with one attached hydrogen (secondary N) is 1. The van der Waals surface area contributed by atoms with E-state index in [1.54, 1.807) is 0 Å². The van der Waals surface area contributed by atoms with Crippen LogP contribution in [0.2, 0.25) is 0 Å². The summed E-state index contributed by atoms with van der Waals surface area (Å²) in [5.74, 6) is 1.10. The van der Waals surface area contributed by atoms with Gasteiger partial charge in [-0.2, -0.15) is 0 Å². The normalized spacial score (nSPS) is 13.4. The predicted octanol–water partition coefficient (Wildman–Crippen LogP) is 5.73. The smallest absolute Gasteiger partial charge is 0.341 e. The second kappa shape index (κ2) is 12.6. The van der Waals surface area contributed by atoms with Crippen LogP contribution in [0.25, 0.3) is 0 Å². The highest BCUT2D eigenvalue weighted by molar-refractivity contribution is 7.99. The Hall–Kier alpha value is -2.85. The molecule has 0 fully saturated rings. The summed E-state index contributed by atoms with van der Waals surface area (Å²) in [6, 6.07) is 5.98. The highest BCUT2D eigenvalue weighted by atomic mass is 32.2. The number of fused-ring (bicyclic) bond motifs is 1. The van der Waals surface area contributed by atoms with Crippen molar-refractivity contribution in [2.45, 2.75) is 77.6 Å². The molecule has 1 amide bonds. The molecule has 0 aliphatic heterocycles. The topological polar surface area (TPSA) is 95.3 Å². The molecule has 0 saturated carbocycles. The summed E-state index contributed by atoms with van der Waals surface area (Å²) in [5, 5.41) is 12.8. The summed E-state index contributed by atoms with van der Waals surface area (Å²) in [6.45, 7) is 7.05. The molecule has 0 saturated heterocycles. The number of hydrogen-bond donors (Lipinski definition) is 1. The molecule has 0 radical (unpaired) electrons. The van der Waals surface area contributed by atoms with Gasteiger partial charge >= 0.3 is 5.97 Å². The first-order valence-electron chi connectivity index (χ1n) is 12.7. The van der Waals surface area contributed by atoms with Crippen LogP contribution in [0.5, 0.6) is 5.75 Å². The number of carbonyl (C=O) groups is 2. The van der Waals surface area contributed by atoms with E-state index in [0.717, 1.165) is 49.0 Å². The average Bonchev–Trinajstić information content (AvgIpc) is 3.42. The lowest BCUT2D eigenvalue weighted by molar-refractivity contribution is -0.113. The summed E-state index contributed by atoms with van der Waals surface area (Å²) in [7, 11) is 1.38. The fourth-order valence-corrected chi connectivity index (χ4v) is 6.61. The largest absolute Gasteiger partial charge is 0.485 e. The van der Waals surface area contributed by atoms with Crippen LogP contribution in [0.4, 0.5) is 5.00 Å². The number of aromatic nitrogens is 3. The minimum Gasteiger partial charge on any atom is -0.485 e. The minimum absolute atomic E-state index is 0.152. The molecule has 1 N–H and O–H groups in total. The first-order chi connectivity index (χ1) is 17.9. The van der Waals surface area contributed by atoms with Crippen LogP contribution in [-0.2, 0) is 35.5 Å². The highest BCUT2D eigenvalue weighted by Crippen LogP contribution is 2.37. The third-order valence-electron chi connectivity index (χ3n) is 6.67. The highest BCUT2D eigenvalue weighted by Gasteiger charge is 2.26. The number of anilines is 1. The predicted molar refractivity (Wildman–Crippen MR) is 147 cm³/mol. The van der Waals surface area contributed by atoms with Gasteiger partial charge in [-0.15, -0.1) is 21.5 Å². The van der Waals surface area contributed by atoms with E-state index in [9.17, 15) is 9.59 Å². The zero-order valence-electron chi connectivity index (χ0n) is 21.9. The molecule has 0 spiro atoms. The molecule has 0 bridgehead atoms. The summed E-state index contributed by atoms with van der Waals surface area (Å²) in [6.07, 6.45) is 6.26. The van der Waals surface area contributed by atoms with E-state index < -0.39 is 0 Å². The van der Waals surface area contributed by atoms with Gasteiger partial charge in [-0.1, -0.05) is 36.7 Å². The monoisotopic (exact) mass is 542 g/mol. The van der Waals surface area contributed by atoms with E-state index in [2.05, 4.69) is 28.5 Å². The van der Waals surface area contributed by atoms with Crippen molar-refractivity contribution in [2.75, 3.05) is 18.2 Å². The summed E-state index contributed by atoms with van der Waals surface area (Å²) in [4.78, 5) is 26.7. The Morgan fingerprint density at radius 1 is 1.14 bits per heavy atom. The van der Waals surface area contributed by atoms with Crippen molar-refractivity contribution < 1.29 is 19.1 Å². The molecule has 37 heavy (non-hydrogen) atoms. The first kappa shape index (κ1) is 27.2. The van der Waals surface area contributed by atoms with Crippen LogP contribution < -0.4 is 10.1 Å². The number of thiophene rings is 1. The number of amides is 1. The van der Waals surface area contributed by atoms with Crippen LogP contribution in [0.15, 0.2) is 23.4 Å². The zero-order valence-corrected chi connectivity index (χ0v) is 23.5. The molecule has 0 unspecified atom stereocenters. The Balaban J connectivity index is 1.42. The molecule has 10 heteroatoms. The van der Waals surface area contributed by atoms with Gasteiger partial charge in [-0.25, -0.2) is 4.79 Å². The maximum Gasteiger partial charge on any atom is 0.341 e. The molecule has 3 aromatic rings. The van der Waals surface area contributed by atoms with Gasteiger partial charge < -0.3 is 19.4 Å². The third kappa shape index (κ3) is 6.35. The lowest BCUT2D eigenvalue weighted by Crippen LogP contribution is -2.17. The molecule has 2 heterocycles. The van der Waals surface area contributed by atoms with Crippen LogP contribution >= 0.6 is 23.1 Å². The van der Waals surface area contributed by atoms with Crippen molar-refractivity contribution >= 4 is 40.0 Å².